The number of halogens is 1. The summed E-state index contributed by atoms with van der Waals surface area (Å²) in [6, 6.07) is 13.9. The van der Waals surface area contributed by atoms with Crippen LogP contribution in [0.5, 0.6) is 0 Å². The fraction of sp³-hybridized carbons (Fsp3) is 0.238. The Morgan fingerprint density at radius 2 is 1.90 bits per heavy atom. The van der Waals surface area contributed by atoms with Crippen molar-refractivity contribution in [1.29, 1.82) is 0 Å². The number of cyclic esters (lactones) is 1. The number of aryl methyl sites for hydroxylation is 1. The van der Waals surface area contributed by atoms with E-state index in [0.29, 0.717) is 34.5 Å². The Kier molecular flexibility index (Phi) is 5.41. The summed E-state index contributed by atoms with van der Waals surface area (Å²) in [5, 5.41) is 4.45. The van der Waals surface area contributed by atoms with Gasteiger partial charge < -0.3 is 14.2 Å². The summed E-state index contributed by atoms with van der Waals surface area (Å²) in [4.78, 5) is 32.2. The number of carbonyl (C=O) groups excluding carboxylic acids is 2. The molecule has 2 aromatic carbocycles. The number of likely N-dealkylation sites (N-methyl/N-ethyl adjacent to an activating group) is 1. The van der Waals surface area contributed by atoms with E-state index < -0.39 is 12.2 Å². The van der Waals surface area contributed by atoms with Crippen molar-refractivity contribution in [2.45, 2.75) is 13.0 Å². The molecule has 1 saturated heterocycles. The first kappa shape index (κ1) is 19.9. The molecule has 1 atom stereocenters. The van der Waals surface area contributed by atoms with Crippen molar-refractivity contribution in [3.63, 3.8) is 0 Å². The molecule has 2 heterocycles. The van der Waals surface area contributed by atoms with Crippen molar-refractivity contribution < 1.29 is 18.8 Å². The monoisotopic (exact) mass is 426 g/mol. The van der Waals surface area contributed by atoms with E-state index in [9.17, 15) is 9.59 Å². The zero-order valence-electron chi connectivity index (χ0n) is 16.4. The normalized spacial score (nSPS) is 15.9. The molecule has 2 amide bonds. The van der Waals surface area contributed by atoms with E-state index in [1.165, 1.54) is 9.80 Å². The summed E-state index contributed by atoms with van der Waals surface area (Å²) in [5.41, 5.74) is 2.00. The molecule has 30 heavy (non-hydrogen) atoms. The molecule has 1 aromatic heterocycles. The average molecular weight is 427 g/mol. The highest BCUT2D eigenvalue weighted by Crippen LogP contribution is 2.25. The van der Waals surface area contributed by atoms with Crippen LogP contribution < -0.4 is 4.90 Å². The maximum atomic E-state index is 12.6. The molecule has 3 aromatic rings. The standard InChI is InChI=1S/C21H19ClN4O4/c1-13-23-19(24-30-13)14-5-9-17(10-6-14)26-12-18(29-21(26)28)11-25(2)20(27)15-3-7-16(22)8-4-15/h3-10,18H,11-12H2,1-2H3. The molecule has 8 nitrogen and oxygen atoms in total. The van der Waals surface area contributed by atoms with Gasteiger partial charge in [-0.25, -0.2) is 4.79 Å². The van der Waals surface area contributed by atoms with Crippen LogP contribution in [-0.4, -0.2) is 53.3 Å². The molecule has 0 N–H and O–H groups in total. The number of carbonyl (C=O) groups is 2. The molecule has 0 aliphatic carbocycles. The molecule has 9 heteroatoms. The number of anilines is 1. The minimum absolute atomic E-state index is 0.166. The van der Waals surface area contributed by atoms with Gasteiger partial charge in [0.15, 0.2) is 0 Å². The summed E-state index contributed by atoms with van der Waals surface area (Å²) in [6.45, 7) is 2.35. The number of rotatable bonds is 5. The summed E-state index contributed by atoms with van der Waals surface area (Å²) in [7, 11) is 1.68. The Hall–Kier alpha value is -3.39. The average Bonchev–Trinajstić information content (AvgIpc) is 3.33. The second-order valence-corrected chi connectivity index (χ2v) is 7.43. The second-order valence-electron chi connectivity index (χ2n) is 6.99. The number of benzene rings is 2. The van der Waals surface area contributed by atoms with Gasteiger partial charge in [-0.05, 0) is 48.5 Å². The Morgan fingerprint density at radius 1 is 1.20 bits per heavy atom. The molecule has 0 radical (unpaired) electrons. The Bertz CT molecular complexity index is 1070. The Balaban J connectivity index is 1.40. The Morgan fingerprint density at radius 3 is 2.53 bits per heavy atom. The molecule has 0 spiro atoms. The van der Waals surface area contributed by atoms with Crippen molar-refractivity contribution in [3.05, 3.63) is 65.0 Å². The number of amides is 2. The van der Waals surface area contributed by atoms with Crippen molar-refractivity contribution >= 4 is 29.3 Å². The van der Waals surface area contributed by atoms with Crippen LogP contribution >= 0.6 is 11.6 Å². The van der Waals surface area contributed by atoms with E-state index in [1.807, 2.05) is 12.1 Å². The summed E-state index contributed by atoms with van der Waals surface area (Å²) >= 11 is 5.87. The van der Waals surface area contributed by atoms with Crippen molar-refractivity contribution in [1.82, 2.24) is 15.0 Å². The van der Waals surface area contributed by atoms with E-state index in [1.54, 1.807) is 50.4 Å². The fourth-order valence-electron chi connectivity index (χ4n) is 3.24. The third-order valence-corrected chi connectivity index (χ3v) is 5.01. The van der Waals surface area contributed by atoms with Gasteiger partial charge in [-0.3, -0.25) is 9.69 Å². The molecule has 1 fully saturated rings. The second kappa shape index (κ2) is 8.16. The van der Waals surface area contributed by atoms with E-state index >= 15 is 0 Å². The number of hydrogen-bond acceptors (Lipinski definition) is 6. The van der Waals surface area contributed by atoms with Crippen LogP contribution in [0.15, 0.2) is 53.1 Å². The summed E-state index contributed by atoms with van der Waals surface area (Å²) in [5.74, 6) is 0.807. The lowest BCUT2D eigenvalue weighted by molar-refractivity contribution is 0.0694. The lowest BCUT2D eigenvalue weighted by atomic mass is 10.2. The molecule has 1 unspecified atom stereocenters. The first-order chi connectivity index (χ1) is 14.4. The van der Waals surface area contributed by atoms with Crippen LogP contribution in [0, 0.1) is 6.92 Å². The minimum Gasteiger partial charge on any atom is -0.442 e. The first-order valence-corrected chi connectivity index (χ1v) is 9.68. The van der Waals surface area contributed by atoms with Gasteiger partial charge in [0.1, 0.15) is 6.10 Å². The van der Waals surface area contributed by atoms with Crippen LogP contribution in [0.4, 0.5) is 10.5 Å². The zero-order chi connectivity index (χ0) is 21.3. The quantitative estimate of drug-likeness (QED) is 0.616. The molecule has 4 rings (SSSR count). The highest BCUT2D eigenvalue weighted by molar-refractivity contribution is 6.30. The van der Waals surface area contributed by atoms with Crippen LogP contribution in [0.3, 0.4) is 0 Å². The molecule has 0 saturated carbocycles. The number of ether oxygens (including phenoxy) is 1. The topological polar surface area (TPSA) is 88.8 Å². The lowest BCUT2D eigenvalue weighted by Gasteiger charge is -2.20. The van der Waals surface area contributed by atoms with E-state index in [0.717, 1.165) is 5.56 Å². The van der Waals surface area contributed by atoms with Gasteiger partial charge in [-0.2, -0.15) is 4.98 Å². The predicted molar refractivity (Wildman–Crippen MR) is 110 cm³/mol. The van der Waals surface area contributed by atoms with Gasteiger partial charge in [0.25, 0.3) is 5.91 Å². The SMILES string of the molecule is Cc1nc(-c2ccc(N3CC(CN(C)C(=O)c4ccc(Cl)cc4)OC3=O)cc2)no1. The van der Waals surface area contributed by atoms with Crippen molar-refractivity contribution in [2.24, 2.45) is 0 Å². The number of nitrogens with zero attached hydrogens (tertiary/aromatic N) is 4. The van der Waals surface area contributed by atoms with Crippen LogP contribution in [0.2, 0.25) is 5.02 Å². The van der Waals surface area contributed by atoms with Gasteiger partial charge in [0.2, 0.25) is 11.7 Å². The molecule has 0 bridgehead atoms. The highest BCUT2D eigenvalue weighted by atomic mass is 35.5. The van der Waals surface area contributed by atoms with Crippen molar-refractivity contribution in [2.75, 3.05) is 25.0 Å². The largest absolute Gasteiger partial charge is 0.442 e. The highest BCUT2D eigenvalue weighted by Gasteiger charge is 2.33. The third kappa shape index (κ3) is 4.13. The summed E-state index contributed by atoms with van der Waals surface area (Å²) < 4.78 is 10.4. The Labute approximate surface area is 178 Å². The maximum Gasteiger partial charge on any atom is 0.414 e. The smallest absolute Gasteiger partial charge is 0.414 e. The fourth-order valence-corrected chi connectivity index (χ4v) is 3.36. The van der Waals surface area contributed by atoms with Gasteiger partial charge in [-0.15, -0.1) is 0 Å². The van der Waals surface area contributed by atoms with Gasteiger partial charge >= 0.3 is 6.09 Å². The van der Waals surface area contributed by atoms with Crippen LogP contribution in [0.1, 0.15) is 16.2 Å². The van der Waals surface area contributed by atoms with E-state index in [4.69, 9.17) is 20.9 Å². The molecular formula is C21H19ClN4O4. The minimum atomic E-state index is -0.449. The molecule has 1 aliphatic rings. The van der Waals surface area contributed by atoms with Gasteiger partial charge in [-0.1, -0.05) is 16.8 Å². The summed E-state index contributed by atoms with van der Waals surface area (Å²) in [6.07, 6.45) is -0.881. The van der Waals surface area contributed by atoms with E-state index in [-0.39, 0.29) is 12.5 Å². The van der Waals surface area contributed by atoms with Crippen LogP contribution in [0.25, 0.3) is 11.4 Å². The zero-order valence-corrected chi connectivity index (χ0v) is 17.2. The van der Waals surface area contributed by atoms with Crippen LogP contribution in [-0.2, 0) is 4.74 Å². The van der Waals surface area contributed by atoms with E-state index in [2.05, 4.69) is 10.1 Å². The maximum absolute atomic E-state index is 12.6. The molecule has 1 aliphatic heterocycles. The predicted octanol–water partition coefficient (Wildman–Crippen LogP) is 3.80. The number of hydrogen-bond donors (Lipinski definition) is 0. The van der Waals surface area contributed by atoms with Gasteiger partial charge in [0, 0.05) is 35.8 Å². The molecule has 154 valence electrons. The lowest BCUT2D eigenvalue weighted by Crippen LogP contribution is -2.36. The van der Waals surface area contributed by atoms with Crippen molar-refractivity contribution in [3.8, 4) is 11.4 Å². The third-order valence-electron chi connectivity index (χ3n) is 4.75. The number of aromatic nitrogens is 2. The molecular weight excluding hydrogens is 408 g/mol. The first-order valence-electron chi connectivity index (χ1n) is 9.30. The van der Waals surface area contributed by atoms with Gasteiger partial charge in [0.05, 0.1) is 13.1 Å².